The summed E-state index contributed by atoms with van der Waals surface area (Å²) in [4.78, 5) is 38.9. The Bertz CT molecular complexity index is 558. The minimum absolute atomic E-state index is 0.0700. The molecule has 1 aromatic rings. The van der Waals surface area contributed by atoms with Crippen molar-refractivity contribution in [2.45, 2.75) is 44.6 Å². The molecule has 0 bridgehead atoms. The van der Waals surface area contributed by atoms with E-state index >= 15 is 0 Å². The highest BCUT2D eigenvalue weighted by molar-refractivity contribution is 5.93. The largest absolute Gasteiger partial charge is 0.338 e. The number of hydrazine groups is 1. The van der Waals surface area contributed by atoms with Gasteiger partial charge < -0.3 is 10.6 Å². The van der Waals surface area contributed by atoms with Crippen molar-refractivity contribution < 1.29 is 14.4 Å². The van der Waals surface area contributed by atoms with Gasteiger partial charge in [-0.3, -0.25) is 25.4 Å². The number of urea groups is 1. The van der Waals surface area contributed by atoms with Gasteiger partial charge in [-0.15, -0.1) is 0 Å². The van der Waals surface area contributed by atoms with Crippen LogP contribution in [0.1, 0.15) is 49.0 Å². The summed E-state index contributed by atoms with van der Waals surface area (Å²) in [6.45, 7) is 0.198. The van der Waals surface area contributed by atoms with Crippen molar-refractivity contribution in [2.24, 2.45) is 0 Å². The quantitative estimate of drug-likeness (QED) is 0.599. The summed E-state index contributed by atoms with van der Waals surface area (Å²) in [6.07, 6.45) is 7.09. The molecular formula is C16H23N5O3. The van der Waals surface area contributed by atoms with Crippen LogP contribution in [0.4, 0.5) is 4.79 Å². The Morgan fingerprint density at radius 2 is 1.88 bits per heavy atom. The molecule has 0 unspecified atom stereocenters. The van der Waals surface area contributed by atoms with E-state index in [1.807, 2.05) is 0 Å². The number of amides is 4. The average Bonchev–Trinajstić information content (AvgIpc) is 2.61. The molecule has 2 rings (SSSR count). The number of rotatable bonds is 5. The van der Waals surface area contributed by atoms with Crippen molar-refractivity contribution in [1.82, 2.24) is 26.5 Å². The van der Waals surface area contributed by atoms with Crippen LogP contribution in [0, 0.1) is 0 Å². The summed E-state index contributed by atoms with van der Waals surface area (Å²) < 4.78 is 0. The third kappa shape index (κ3) is 6.23. The summed E-state index contributed by atoms with van der Waals surface area (Å²) in [5, 5.41) is 5.55. The molecule has 4 N–H and O–H groups in total. The van der Waals surface area contributed by atoms with Crippen molar-refractivity contribution in [1.29, 1.82) is 0 Å². The Morgan fingerprint density at radius 3 is 2.58 bits per heavy atom. The number of pyridine rings is 1. The topological polar surface area (TPSA) is 112 Å². The van der Waals surface area contributed by atoms with Crippen molar-refractivity contribution in [3.05, 3.63) is 30.1 Å². The molecule has 8 heteroatoms. The lowest BCUT2D eigenvalue weighted by Gasteiger charge is -2.22. The Hall–Kier alpha value is -2.64. The smallest absolute Gasteiger partial charge is 0.315 e. The van der Waals surface area contributed by atoms with Gasteiger partial charge in [0.15, 0.2) is 0 Å². The molecule has 0 aliphatic heterocycles. The second-order valence-corrected chi connectivity index (χ2v) is 5.70. The normalized spacial score (nSPS) is 14.5. The minimum atomic E-state index is -0.494. The van der Waals surface area contributed by atoms with E-state index < -0.39 is 11.8 Å². The Morgan fingerprint density at radius 1 is 1.08 bits per heavy atom. The van der Waals surface area contributed by atoms with Gasteiger partial charge in [0.2, 0.25) is 5.91 Å². The van der Waals surface area contributed by atoms with E-state index in [4.69, 9.17) is 0 Å². The van der Waals surface area contributed by atoms with E-state index in [2.05, 4.69) is 26.5 Å². The molecule has 1 saturated carbocycles. The first-order chi connectivity index (χ1) is 11.6. The van der Waals surface area contributed by atoms with Gasteiger partial charge in [-0.05, 0) is 25.0 Å². The van der Waals surface area contributed by atoms with Gasteiger partial charge in [-0.2, -0.15) is 0 Å². The van der Waals surface area contributed by atoms with Gasteiger partial charge in [-0.25, -0.2) is 4.79 Å². The molecule has 0 spiro atoms. The Balaban J connectivity index is 1.57. The minimum Gasteiger partial charge on any atom is -0.338 e. The number of nitrogens with one attached hydrogen (secondary N) is 4. The highest BCUT2D eigenvalue weighted by Gasteiger charge is 2.15. The second-order valence-electron chi connectivity index (χ2n) is 5.70. The van der Waals surface area contributed by atoms with Crippen LogP contribution in [0.3, 0.4) is 0 Å². The van der Waals surface area contributed by atoms with Crippen LogP contribution >= 0.6 is 0 Å². The highest BCUT2D eigenvalue weighted by Crippen LogP contribution is 2.16. The van der Waals surface area contributed by atoms with E-state index in [1.54, 1.807) is 18.2 Å². The predicted molar refractivity (Wildman–Crippen MR) is 87.9 cm³/mol. The van der Waals surface area contributed by atoms with Crippen molar-refractivity contribution >= 4 is 17.8 Å². The van der Waals surface area contributed by atoms with Crippen molar-refractivity contribution in [3.8, 4) is 0 Å². The number of hydrogen-bond donors (Lipinski definition) is 4. The standard InChI is InChI=1S/C16H23N5O3/c22-14(20-21-15(23)13-8-4-5-10-17-13)9-11-18-16(24)19-12-6-2-1-3-7-12/h4-5,8,10,12H,1-3,6-7,9,11H2,(H,20,22)(H,21,23)(H2,18,19,24). The van der Waals surface area contributed by atoms with E-state index in [-0.39, 0.29) is 30.7 Å². The molecule has 1 aromatic heterocycles. The fourth-order valence-corrected chi connectivity index (χ4v) is 2.52. The lowest BCUT2D eigenvalue weighted by Crippen LogP contribution is -2.45. The summed E-state index contributed by atoms with van der Waals surface area (Å²) in [6, 6.07) is 4.88. The van der Waals surface area contributed by atoms with E-state index in [1.165, 1.54) is 12.6 Å². The number of aromatic nitrogens is 1. The van der Waals surface area contributed by atoms with Gasteiger partial charge in [0.1, 0.15) is 5.69 Å². The summed E-state index contributed by atoms with van der Waals surface area (Å²) in [7, 11) is 0. The summed E-state index contributed by atoms with van der Waals surface area (Å²) in [5.41, 5.74) is 4.77. The van der Waals surface area contributed by atoms with Crippen LogP contribution in [0.25, 0.3) is 0 Å². The lowest BCUT2D eigenvalue weighted by atomic mass is 9.96. The van der Waals surface area contributed by atoms with E-state index in [0.717, 1.165) is 25.7 Å². The first kappa shape index (κ1) is 17.7. The van der Waals surface area contributed by atoms with Crippen LogP contribution < -0.4 is 21.5 Å². The molecule has 1 heterocycles. The van der Waals surface area contributed by atoms with E-state index in [9.17, 15) is 14.4 Å². The van der Waals surface area contributed by atoms with Crippen LogP contribution in [-0.2, 0) is 4.79 Å². The maximum atomic E-state index is 11.7. The third-order valence-electron chi connectivity index (χ3n) is 3.79. The van der Waals surface area contributed by atoms with Gasteiger partial charge in [-0.1, -0.05) is 25.3 Å². The molecular weight excluding hydrogens is 310 g/mol. The molecule has 0 radical (unpaired) electrons. The van der Waals surface area contributed by atoms with Crippen molar-refractivity contribution in [3.63, 3.8) is 0 Å². The van der Waals surface area contributed by atoms with Crippen molar-refractivity contribution in [2.75, 3.05) is 6.54 Å². The zero-order valence-corrected chi connectivity index (χ0v) is 13.5. The third-order valence-corrected chi connectivity index (χ3v) is 3.79. The second kappa shape index (κ2) is 9.49. The van der Waals surface area contributed by atoms with Gasteiger partial charge >= 0.3 is 6.03 Å². The molecule has 0 aromatic carbocycles. The maximum absolute atomic E-state index is 11.7. The molecule has 8 nitrogen and oxygen atoms in total. The predicted octanol–water partition coefficient (Wildman–Crippen LogP) is 0.865. The Kier molecular flexibility index (Phi) is 7.00. The molecule has 4 amide bonds. The molecule has 1 aliphatic rings. The van der Waals surface area contributed by atoms with Crippen LogP contribution in [0.2, 0.25) is 0 Å². The SMILES string of the molecule is O=C(CCNC(=O)NC1CCCCC1)NNC(=O)c1ccccn1. The molecule has 1 fully saturated rings. The average molecular weight is 333 g/mol. The monoisotopic (exact) mass is 333 g/mol. The van der Waals surface area contributed by atoms with E-state index in [0.29, 0.717) is 0 Å². The fraction of sp³-hybridized carbons (Fsp3) is 0.500. The number of carbonyl (C=O) groups excluding carboxylic acids is 3. The van der Waals surface area contributed by atoms with Gasteiger partial charge in [0.05, 0.1) is 0 Å². The first-order valence-corrected chi connectivity index (χ1v) is 8.20. The zero-order chi connectivity index (χ0) is 17.2. The summed E-state index contributed by atoms with van der Waals surface area (Å²) >= 11 is 0. The molecule has 0 atom stereocenters. The number of nitrogens with zero attached hydrogens (tertiary/aromatic N) is 1. The van der Waals surface area contributed by atoms with Crippen LogP contribution in [0.5, 0.6) is 0 Å². The highest BCUT2D eigenvalue weighted by atomic mass is 16.2. The Labute approximate surface area is 140 Å². The number of carbonyl (C=O) groups is 3. The number of hydrogen-bond acceptors (Lipinski definition) is 4. The molecule has 24 heavy (non-hydrogen) atoms. The molecule has 1 aliphatic carbocycles. The fourth-order valence-electron chi connectivity index (χ4n) is 2.52. The van der Waals surface area contributed by atoms with Crippen LogP contribution in [-0.4, -0.2) is 35.4 Å². The lowest BCUT2D eigenvalue weighted by molar-refractivity contribution is -0.121. The molecule has 130 valence electrons. The van der Waals surface area contributed by atoms with Gasteiger partial charge in [0.25, 0.3) is 5.91 Å². The summed E-state index contributed by atoms with van der Waals surface area (Å²) in [5.74, 6) is -0.885. The maximum Gasteiger partial charge on any atom is 0.315 e. The van der Waals surface area contributed by atoms with Crippen LogP contribution in [0.15, 0.2) is 24.4 Å². The zero-order valence-electron chi connectivity index (χ0n) is 13.5. The molecule has 0 saturated heterocycles. The first-order valence-electron chi connectivity index (χ1n) is 8.20. The van der Waals surface area contributed by atoms with Gasteiger partial charge in [0, 0.05) is 25.2 Å².